The molecule has 186 valence electrons. The van der Waals surface area contributed by atoms with Crippen LogP contribution in [0.5, 0.6) is 0 Å². The van der Waals surface area contributed by atoms with Crippen LogP contribution in [-0.4, -0.2) is 27.3 Å². The zero-order valence-electron chi connectivity index (χ0n) is 19.8. The number of anilines is 1. The van der Waals surface area contributed by atoms with Crippen molar-refractivity contribution in [3.05, 3.63) is 53.0 Å². The fraction of sp³-hybridized carbons (Fsp3) is 0.593. The second-order valence-corrected chi connectivity index (χ2v) is 11.4. The zero-order chi connectivity index (χ0) is 24.2. The van der Waals surface area contributed by atoms with Gasteiger partial charge in [-0.05, 0) is 79.7 Å². The van der Waals surface area contributed by atoms with E-state index in [0.717, 1.165) is 35.1 Å². The van der Waals surface area contributed by atoms with E-state index in [1.54, 1.807) is 6.07 Å². The highest BCUT2D eigenvalue weighted by molar-refractivity contribution is 5.91. The van der Waals surface area contributed by atoms with E-state index in [4.69, 9.17) is 0 Å². The molecule has 5 aliphatic rings. The monoisotopic (exact) mass is 484 g/mol. The van der Waals surface area contributed by atoms with Gasteiger partial charge in [0.1, 0.15) is 12.1 Å². The summed E-state index contributed by atoms with van der Waals surface area (Å²) in [5.74, 6) is 3.08. The first kappa shape index (κ1) is 23.0. The predicted octanol–water partition coefficient (Wildman–Crippen LogP) is 5.60. The van der Waals surface area contributed by atoms with Gasteiger partial charge in [0.15, 0.2) is 0 Å². The van der Waals surface area contributed by atoms with Crippen LogP contribution in [-0.2, 0) is 30.5 Å². The molecule has 4 fully saturated rings. The summed E-state index contributed by atoms with van der Waals surface area (Å²) >= 11 is 0. The molecule has 7 rings (SSSR count). The van der Waals surface area contributed by atoms with Gasteiger partial charge in [0, 0.05) is 31.6 Å². The molecule has 1 aromatic heterocycles. The van der Waals surface area contributed by atoms with Gasteiger partial charge in [-0.15, -0.1) is 0 Å². The number of rotatable bonds is 5. The maximum Gasteiger partial charge on any atom is 0.416 e. The first-order valence-corrected chi connectivity index (χ1v) is 12.8. The number of amides is 1. The number of hydrogen-bond donors (Lipinski definition) is 1. The number of benzene rings is 1. The Morgan fingerprint density at radius 2 is 1.80 bits per heavy atom. The standard InChI is InChI=1S/C27H31F3N4O/c28-27(29,30)21-3-1-2-17(9-21)14-34-5-4-22-23(15-34)31-16-32-25(22)33-24(35)13-26-10-18-6-19(11-26)8-20(7-18)12-26/h1-3,9,16,18-20H,4-8,10-15H2,(H,31,32,33,35). The second-order valence-electron chi connectivity index (χ2n) is 11.4. The van der Waals surface area contributed by atoms with Crippen molar-refractivity contribution in [3.8, 4) is 0 Å². The second kappa shape index (κ2) is 8.57. The summed E-state index contributed by atoms with van der Waals surface area (Å²) in [6, 6.07) is 5.49. The summed E-state index contributed by atoms with van der Waals surface area (Å²) in [6.45, 7) is 1.61. The molecule has 2 aromatic rings. The van der Waals surface area contributed by atoms with Crippen LogP contribution >= 0.6 is 0 Å². The summed E-state index contributed by atoms with van der Waals surface area (Å²) in [7, 11) is 0. The third-order valence-electron chi connectivity index (χ3n) is 8.70. The minimum atomic E-state index is -4.35. The van der Waals surface area contributed by atoms with Crippen LogP contribution in [0.4, 0.5) is 19.0 Å². The molecule has 0 unspecified atom stereocenters. The number of hydrogen-bond acceptors (Lipinski definition) is 4. The lowest BCUT2D eigenvalue weighted by Gasteiger charge is -2.56. The van der Waals surface area contributed by atoms with E-state index in [1.165, 1.54) is 57.0 Å². The molecule has 4 aliphatic carbocycles. The molecular formula is C27H31F3N4O. The average Bonchev–Trinajstić information content (AvgIpc) is 2.77. The summed E-state index contributed by atoms with van der Waals surface area (Å²) in [6.07, 6.45) is 6.02. The van der Waals surface area contributed by atoms with Crippen molar-refractivity contribution in [1.29, 1.82) is 0 Å². The van der Waals surface area contributed by atoms with Crippen molar-refractivity contribution in [1.82, 2.24) is 14.9 Å². The number of aromatic nitrogens is 2. The molecule has 8 heteroatoms. The van der Waals surface area contributed by atoms with Gasteiger partial charge in [-0.1, -0.05) is 18.2 Å². The lowest BCUT2D eigenvalue weighted by atomic mass is 9.49. The highest BCUT2D eigenvalue weighted by atomic mass is 19.4. The Bertz CT molecular complexity index is 1100. The van der Waals surface area contributed by atoms with Crippen LogP contribution in [0.1, 0.15) is 67.3 Å². The molecule has 4 saturated carbocycles. The molecule has 1 aliphatic heterocycles. The van der Waals surface area contributed by atoms with E-state index in [0.29, 0.717) is 43.9 Å². The smallest absolute Gasteiger partial charge is 0.310 e. The number of alkyl halides is 3. The number of nitrogens with one attached hydrogen (secondary N) is 1. The minimum Gasteiger partial charge on any atom is -0.310 e. The molecule has 5 nitrogen and oxygen atoms in total. The third kappa shape index (κ3) is 4.69. The molecule has 0 atom stereocenters. The van der Waals surface area contributed by atoms with Crippen molar-refractivity contribution >= 4 is 11.7 Å². The number of fused-ring (bicyclic) bond motifs is 1. The average molecular weight is 485 g/mol. The molecule has 1 aromatic carbocycles. The van der Waals surface area contributed by atoms with Crippen molar-refractivity contribution in [2.45, 2.75) is 70.6 Å². The molecular weight excluding hydrogens is 453 g/mol. The van der Waals surface area contributed by atoms with E-state index < -0.39 is 11.7 Å². The molecule has 1 amide bonds. The topological polar surface area (TPSA) is 58.1 Å². The summed E-state index contributed by atoms with van der Waals surface area (Å²) in [4.78, 5) is 24.0. The lowest BCUT2D eigenvalue weighted by molar-refractivity contribution is -0.137. The van der Waals surface area contributed by atoms with Crippen LogP contribution in [0, 0.1) is 23.2 Å². The normalized spacial score (nSPS) is 29.7. The highest BCUT2D eigenvalue weighted by Gasteiger charge is 2.51. The largest absolute Gasteiger partial charge is 0.416 e. The Morgan fingerprint density at radius 3 is 2.49 bits per heavy atom. The van der Waals surface area contributed by atoms with Crippen LogP contribution < -0.4 is 5.32 Å². The van der Waals surface area contributed by atoms with E-state index in [1.807, 2.05) is 0 Å². The number of carbonyl (C=O) groups excluding carboxylic acids is 1. The Kier molecular flexibility index (Phi) is 5.62. The highest BCUT2D eigenvalue weighted by Crippen LogP contribution is 2.61. The molecule has 0 spiro atoms. The molecule has 35 heavy (non-hydrogen) atoms. The fourth-order valence-corrected chi connectivity index (χ4v) is 7.78. The fourth-order valence-electron chi connectivity index (χ4n) is 7.78. The molecule has 2 heterocycles. The minimum absolute atomic E-state index is 0.0549. The van der Waals surface area contributed by atoms with E-state index in [2.05, 4.69) is 20.2 Å². The van der Waals surface area contributed by atoms with Crippen molar-refractivity contribution in [2.24, 2.45) is 23.2 Å². The van der Waals surface area contributed by atoms with Gasteiger partial charge in [-0.25, -0.2) is 9.97 Å². The molecule has 4 bridgehead atoms. The van der Waals surface area contributed by atoms with Crippen LogP contribution in [0.25, 0.3) is 0 Å². The van der Waals surface area contributed by atoms with Gasteiger partial charge in [0.05, 0.1) is 11.3 Å². The van der Waals surface area contributed by atoms with Gasteiger partial charge in [-0.3, -0.25) is 9.69 Å². The van der Waals surface area contributed by atoms with Crippen LogP contribution in [0.15, 0.2) is 30.6 Å². The Balaban J connectivity index is 1.11. The SMILES string of the molecule is O=C(CC12CC3CC(CC(C3)C1)C2)Nc1ncnc2c1CCN(Cc1cccc(C(F)(F)F)c1)C2. The van der Waals surface area contributed by atoms with Crippen molar-refractivity contribution in [3.63, 3.8) is 0 Å². The summed E-state index contributed by atoms with van der Waals surface area (Å²) in [5, 5.41) is 3.10. The number of nitrogens with zero attached hydrogens (tertiary/aromatic N) is 3. The first-order valence-electron chi connectivity index (χ1n) is 12.8. The zero-order valence-corrected chi connectivity index (χ0v) is 19.8. The predicted molar refractivity (Wildman–Crippen MR) is 125 cm³/mol. The molecule has 0 saturated heterocycles. The van der Waals surface area contributed by atoms with Gasteiger partial charge < -0.3 is 5.32 Å². The van der Waals surface area contributed by atoms with Gasteiger partial charge >= 0.3 is 6.18 Å². The van der Waals surface area contributed by atoms with Gasteiger partial charge in [0.25, 0.3) is 0 Å². The lowest BCUT2D eigenvalue weighted by Crippen LogP contribution is -2.47. The van der Waals surface area contributed by atoms with Gasteiger partial charge in [-0.2, -0.15) is 13.2 Å². The van der Waals surface area contributed by atoms with Crippen molar-refractivity contribution in [2.75, 3.05) is 11.9 Å². The van der Waals surface area contributed by atoms with E-state index in [9.17, 15) is 18.0 Å². The Hall–Kier alpha value is -2.48. The van der Waals surface area contributed by atoms with E-state index in [-0.39, 0.29) is 11.3 Å². The first-order chi connectivity index (χ1) is 16.7. The molecule has 0 radical (unpaired) electrons. The Labute approximate surface area is 203 Å². The summed E-state index contributed by atoms with van der Waals surface area (Å²) in [5.41, 5.74) is 1.96. The maximum absolute atomic E-state index is 13.1. The van der Waals surface area contributed by atoms with Gasteiger partial charge in [0.2, 0.25) is 5.91 Å². The Morgan fingerprint density at radius 1 is 1.09 bits per heavy atom. The quantitative estimate of drug-likeness (QED) is 0.600. The maximum atomic E-state index is 13.1. The molecule has 1 N–H and O–H groups in total. The van der Waals surface area contributed by atoms with E-state index >= 15 is 0 Å². The van der Waals surface area contributed by atoms with Crippen LogP contribution in [0.2, 0.25) is 0 Å². The summed E-state index contributed by atoms with van der Waals surface area (Å²) < 4.78 is 39.2. The van der Waals surface area contributed by atoms with Crippen molar-refractivity contribution < 1.29 is 18.0 Å². The van der Waals surface area contributed by atoms with Crippen LogP contribution in [0.3, 0.4) is 0 Å². The number of halogens is 3. The number of carbonyl (C=O) groups is 1. The third-order valence-corrected chi connectivity index (χ3v) is 8.70.